The van der Waals surface area contributed by atoms with E-state index in [2.05, 4.69) is 40.2 Å². The molecular formula is C60H66N10O16Rh2. The summed E-state index contributed by atoms with van der Waals surface area (Å²) in [6.45, 7) is 2.76. The average molecular weight is 1390 g/mol. The number of amides is 12. The summed E-state index contributed by atoms with van der Waals surface area (Å²) < 4.78 is 18.3. The fraction of sp³-hybridized carbons (Fsp3) is 0.367. The smallest absolute Gasteiger partial charge is 0.469 e. The normalized spacial score (nSPS) is 16.3. The SMILES string of the molecule is CC#N.CC#N.COC(=O)[C@@H]1C[N-]C(=O)N1C(=O)CCc1ccccc1.COC(=O)[C@@H]1C[N-]C(=O)N1C(=O)CCc1ccccc1.COC(=O)[C@@H]1C[N-]C(=O)N1C(=O)CCc1ccccc1.COC(=O)[C@@H]1C[N-]C(=O)N1C(=O)CCc1ccccc1.[Rh+2].[Rh+2]. The van der Waals surface area contributed by atoms with Crippen molar-refractivity contribution in [2.24, 2.45) is 0 Å². The number of imide groups is 4. The van der Waals surface area contributed by atoms with Gasteiger partial charge in [-0.05, 0) is 74.1 Å². The molecule has 12 amide bonds. The maximum absolute atomic E-state index is 12.1. The van der Waals surface area contributed by atoms with Crippen LogP contribution in [-0.2, 0) is 122 Å². The van der Waals surface area contributed by atoms with Crippen LogP contribution in [0.4, 0.5) is 19.2 Å². The number of rotatable bonds is 16. The van der Waals surface area contributed by atoms with Crippen LogP contribution in [0.5, 0.6) is 0 Å². The molecule has 2 radical (unpaired) electrons. The molecule has 4 fully saturated rings. The molecule has 0 N–H and O–H groups in total. The van der Waals surface area contributed by atoms with E-state index < -0.39 is 95.8 Å². The third-order valence-electron chi connectivity index (χ3n) is 12.5. The first kappa shape index (κ1) is 76.8. The summed E-state index contributed by atoms with van der Waals surface area (Å²) in [5.74, 6) is -4.10. The van der Waals surface area contributed by atoms with E-state index in [1.807, 2.05) is 121 Å². The van der Waals surface area contributed by atoms with Gasteiger partial charge in [-0.15, -0.1) is 0 Å². The van der Waals surface area contributed by atoms with Crippen molar-refractivity contribution in [3.8, 4) is 12.1 Å². The minimum absolute atomic E-state index is 0. The molecule has 0 aromatic heterocycles. The number of urea groups is 4. The molecule has 4 heterocycles. The number of hydrogen-bond acceptors (Lipinski definition) is 18. The van der Waals surface area contributed by atoms with Crippen molar-refractivity contribution >= 4 is 71.6 Å². The number of methoxy groups -OCH3 is 4. The van der Waals surface area contributed by atoms with Gasteiger partial charge < -0.3 is 59.8 Å². The fourth-order valence-electron chi connectivity index (χ4n) is 8.27. The summed E-state index contributed by atoms with van der Waals surface area (Å²) in [5, 5.41) is 29.1. The topological polar surface area (TPSA) is 359 Å². The quantitative estimate of drug-likeness (QED) is 0.0616. The number of aryl methyl sites for hydroxylation is 4. The zero-order valence-corrected chi connectivity index (χ0v) is 52.3. The van der Waals surface area contributed by atoms with Gasteiger partial charge in [0.05, 0.1) is 64.7 Å². The van der Waals surface area contributed by atoms with E-state index in [4.69, 9.17) is 10.5 Å². The number of nitrogens with zero attached hydrogens (tertiary/aromatic N) is 10. The Labute approximate surface area is 535 Å². The minimum Gasteiger partial charge on any atom is -0.469 e. The summed E-state index contributed by atoms with van der Waals surface area (Å²) in [5.41, 5.74) is 4.00. The largest absolute Gasteiger partial charge is 2.00 e. The predicted molar refractivity (Wildman–Crippen MR) is 307 cm³/mol. The summed E-state index contributed by atoms with van der Waals surface area (Å²) >= 11 is 0. The van der Waals surface area contributed by atoms with Crippen molar-refractivity contribution in [1.82, 2.24) is 19.6 Å². The molecule has 0 aliphatic carbocycles. The van der Waals surface area contributed by atoms with Gasteiger partial charge in [0.2, 0.25) is 0 Å². The molecule has 26 nitrogen and oxygen atoms in total. The van der Waals surface area contributed by atoms with E-state index in [1.54, 1.807) is 12.1 Å². The van der Waals surface area contributed by atoms with E-state index >= 15 is 0 Å². The molecule has 8 rings (SSSR count). The minimum atomic E-state index is -0.921. The predicted octanol–water partition coefficient (Wildman–Crippen LogP) is 7.04. The third kappa shape index (κ3) is 24.3. The number of esters is 4. The Hall–Kier alpha value is -9.25. The van der Waals surface area contributed by atoms with Gasteiger partial charge in [0, 0.05) is 39.5 Å². The van der Waals surface area contributed by atoms with Gasteiger partial charge in [-0.2, -0.15) is 10.5 Å². The Kier molecular flexibility index (Phi) is 36.4. The Balaban J connectivity index is 0.000000564. The van der Waals surface area contributed by atoms with Crippen molar-refractivity contribution < 1.29 is 115 Å². The number of benzene rings is 4. The maximum Gasteiger partial charge on any atom is 2.00 e. The first-order valence-corrected chi connectivity index (χ1v) is 26.6. The molecule has 4 aliphatic heterocycles. The zero-order chi connectivity index (χ0) is 63.6. The van der Waals surface area contributed by atoms with Crippen LogP contribution >= 0.6 is 0 Å². The van der Waals surface area contributed by atoms with Gasteiger partial charge in [-0.1, -0.05) is 121 Å². The van der Waals surface area contributed by atoms with Crippen LogP contribution < -0.4 is 0 Å². The number of carbonyl (C=O) groups excluding carboxylic acids is 12. The maximum atomic E-state index is 12.1. The van der Waals surface area contributed by atoms with Crippen LogP contribution in [0.15, 0.2) is 121 Å². The standard InChI is InChI=1S/4C14H16N2O4.2C2H3N.2Rh/c4*1-20-13(18)11-9-15-14(19)16(11)12(17)8-7-10-5-3-2-4-6-10;2*1-2-3;;/h4*2-6,11H,7-9H2,1H3,(H,15,19);2*1H3;;/q;;;;;;2*+2/p-4/t4*11-;;;;/m0000..../s1. The molecule has 4 atom stereocenters. The molecule has 0 spiro atoms. The van der Waals surface area contributed by atoms with E-state index in [0.717, 1.165) is 41.9 Å². The van der Waals surface area contributed by atoms with Crippen molar-refractivity contribution in [2.75, 3.05) is 54.6 Å². The van der Waals surface area contributed by atoms with Crippen molar-refractivity contribution in [3.05, 3.63) is 165 Å². The number of ether oxygens (including phenoxy) is 4. The van der Waals surface area contributed by atoms with E-state index in [-0.39, 0.29) is 90.8 Å². The second-order valence-corrected chi connectivity index (χ2v) is 18.1. The van der Waals surface area contributed by atoms with E-state index in [1.165, 1.54) is 42.3 Å². The molecule has 0 unspecified atom stereocenters. The monoisotopic (exact) mass is 1390 g/mol. The van der Waals surface area contributed by atoms with Gasteiger partial charge in [0.1, 0.15) is 0 Å². The van der Waals surface area contributed by atoms with Crippen molar-refractivity contribution in [1.29, 1.82) is 10.5 Å². The van der Waals surface area contributed by atoms with Crippen LogP contribution in [0.2, 0.25) is 0 Å². The second kappa shape index (κ2) is 41.7. The number of nitriles is 2. The summed E-state index contributed by atoms with van der Waals surface area (Å²) in [7, 11) is 4.88. The van der Waals surface area contributed by atoms with Crippen LogP contribution in [0.1, 0.15) is 61.8 Å². The zero-order valence-electron chi connectivity index (χ0n) is 49.0. The molecule has 4 aliphatic rings. The summed E-state index contributed by atoms with van der Waals surface area (Å²) in [4.78, 5) is 144. The Morgan fingerprint density at radius 3 is 0.682 bits per heavy atom. The molecule has 4 aromatic rings. The molecule has 4 aromatic carbocycles. The molecule has 0 bridgehead atoms. The Bertz CT molecular complexity index is 2650. The van der Waals surface area contributed by atoms with Gasteiger partial charge in [0.15, 0.2) is 47.8 Å². The fourth-order valence-corrected chi connectivity index (χ4v) is 8.27. The first-order valence-electron chi connectivity index (χ1n) is 26.6. The van der Waals surface area contributed by atoms with Crippen molar-refractivity contribution in [2.45, 2.75) is 89.4 Å². The molecule has 4 saturated heterocycles. The van der Waals surface area contributed by atoms with E-state index in [9.17, 15) is 57.5 Å². The van der Waals surface area contributed by atoms with Crippen LogP contribution in [0.25, 0.3) is 21.3 Å². The molecule has 28 heteroatoms. The molecule has 88 heavy (non-hydrogen) atoms. The molecular weight excluding hydrogens is 1320 g/mol. The third-order valence-corrected chi connectivity index (χ3v) is 12.5. The Morgan fingerprint density at radius 2 is 0.534 bits per heavy atom. The second-order valence-electron chi connectivity index (χ2n) is 18.1. The van der Waals surface area contributed by atoms with Gasteiger partial charge in [-0.3, -0.25) is 57.5 Å². The van der Waals surface area contributed by atoms with E-state index in [0.29, 0.717) is 25.7 Å². The van der Waals surface area contributed by atoms with Gasteiger partial charge in [-0.25, -0.2) is 0 Å². The van der Waals surface area contributed by atoms with Crippen LogP contribution in [0.3, 0.4) is 0 Å². The summed E-state index contributed by atoms with van der Waals surface area (Å²) in [6.07, 6.45) is 2.65. The van der Waals surface area contributed by atoms with Crippen LogP contribution in [0, 0.1) is 22.7 Å². The van der Waals surface area contributed by atoms with Crippen LogP contribution in [-0.4, -0.2) is 170 Å². The van der Waals surface area contributed by atoms with Gasteiger partial charge in [0.25, 0.3) is 0 Å². The number of carbonyl (C=O) groups is 12. The van der Waals surface area contributed by atoms with Crippen molar-refractivity contribution in [3.63, 3.8) is 0 Å². The average Bonchev–Trinajstić information content (AvgIpc) is 4.39. The first-order chi connectivity index (χ1) is 41.3. The Morgan fingerprint density at radius 1 is 0.375 bits per heavy atom. The molecule has 470 valence electrons. The summed E-state index contributed by atoms with van der Waals surface area (Å²) in [6, 6.07) is 35.0. The molecule has 0 saturated carbocycles. The number of hydrogen-bond donors (Lipinski definition) is 0. The van der Waals surface area contributed by atoms with Gasteiger partial charge >= 0.3 is 62.8 Å².